The lowest BCUT2D eigenvalue weighted by atomic mass is 10.0. The van der Waals surface area contributed by atoms with Crippen molar-refractivity contribution in [2.45, 2.75) is 159 Å². The topological polar surface area (TPSA) is 548 Å². The molecule has 0 aromatic heterocycles. The van der Waals surface area contributed by atoms with Crippen LogP contribution < -0.4 is 70.8 Å². The predicted octanol–water partition coefficient (Wildman–Crippen LogP) is -6.54. The molecule has 11 atom stereocenters. The number of guanidine groups is 1. The number of nitrogens with two attached hydrogens (primary N) is 4. The van der Waals surface area contributed by atoms with E-state index in [9.17, 15) is 82.8 Å². The Morgan fingerprint density at radius 3 is 1.43 bits per heavy atom. The molecule has 0 bridgehead atoms. The summed E-state index contributed by atoms with van der Waals surface area (Å²) in [5.41, 5.74) is 22.1. The molecular weight excluding hydrogens is 1050 g/mol. The van der Waals surface area contributed by atoms with Crippen molar-refractivity contribution in [3.63, 3.8) is 0 Å². The minimum atomic E-state index is -1.94. The maximum atomic E-state index is 13.6. The van der Waals surface area contributed by atoms with Crippen molar-refractivity contribution in [3.05, 3.63) is 29.8 Å². The Bertz CT molecular complexity index is 2380. The summed E-state index contributed by atoms with van der Waals surface area (Å²) < 4.78 is 0. The number of nitrogens with zero attached hydrogens (tertiary/aromatic N) is 1. The number of carbonyl (C=O) groups excluding carboxylic acids is 10. The molecule has 0 radical (unpaired) electrons. The maximum absolute atomic E-state index is 13.6. The third-order valence-electron chi connectivity index (χ3n) is 11.5. The van der Waals surface area contributed by atoms with Gasteiger partial charge in [-0.15, -0.1) is 0 Å². The molecule has 0 aliphatic rings. The lowest BCUT2D eigenvalue weighted by molar-refractivity contribution is -0.144. The number of aromatic hydroxyl groups is 1. The summed E-state index contributed by atoms with van der Waals surface area (Å²) >= 11 is 0. The van der Waals surface area contributed by atoms with Gasteiger partial charge in [-0.25, -0.2) is 4.79 Å². The largest absolute Gasteiger partial charge is 0.508 e. The summed E-state index contributed by atoms with van der Waals surface area (Å²) in [7, 11) is 0. The van der Waals surface area contributed by atoms with Crippen LogP contribution in [0.4, 0.5) is 0 Å². The van der Waals surface area contributed by atoms with Crippen molar-refractivity contribution < 1.29 is 87.9 Å². The van der Waals surface area contributed by atoms with Crippen LogP contribution in [-0.2, 0) is 68.7 Å². The molecular formula is C47H74N14O18. The van der Waals surface area contributed by atoms with E-state index in [-0.39, 0.29) is 50.4 Å². The van der Waals surface area contributed by atoms with E-state index in [0.717, 1.165) is 6.92 Å². The number of amides is 10. The third-order valence-corrected chi connectivity index (χ3v) is 11.5. The molecule has 1 rings (SSSR count). The van der Waals surface area contributed by atoms with Crippen molar-refractivity contribution >= 4 is 82.9 Å². The molecule has 0 unspecified atom stereocenters. The third kappa shape index (κ3) is 25.8. The zero-order valence-electron chi connectivity index (χ0n) is 44.4. The van der Waals surface area contributed by atoms with Crippen molar-refractivity contribution in [1.29, 1.82) is 0 Å². The second kappa shape index (κ2) is 33.5. The molecule has 32 nitrogen and oxygen atoms in total. The number of primary amides is 1. The number of carbonyl (C=O) groups is 13. The number of nitrogens with one attached hydrogen (secondary N) is 9. The number of carboxylic acid groups (broad SMARTS) is 3. The highest BCUT2D eigenvalue weighted by molar-refractivity contribution is 5.99. The first kappa shape index (κ1) is 68.3. The van der Waals surface area contributed by atoms with Crippen LogP contribution in [0.3, 0.4) is 0 Å². The number of benzene rings is 1. The normalized spacial score (nSPS) is 15.1. The van der Waals surface area contributed by atoms with Gasteiger partial charge in [0.2, 0.25) is 59.1 Å². The molecule has 32 heteroatoms. The molecule has 79 heavy (non-hydrogen) atoms. The minimum absolute atomic E-state index is 0.0150. The lowest BCUT2D eigenvalue weighted by Crippen LogP contribution is -2.61. The van der Waals surface area contributed by atoms with Gasteiger partial charge in [-0.05, 0) is 77.0 Å². The van der Waals surface area contributed by atoms with Gasteiger partial charge >= 0.3 is 17.9 Å². The van der Waals surface area contributed by atoms with Crippen molar-refractivity contribution in [1.82, 2.24) is 47.9 Å². The van der Waals surface area contributed by atoms with E-state index in [2.05, 4.69) is 52.8 Å². The summed E-state index contributed by atoms with van der Waals surface area (Å²) in [6.45, 7) is 7.65. The van der Waals surface area contributed by atoms with Gasteiger partial charge in [-0.2, -0.15) is 0 Å². The molecule has 0 aliphatic carbocycles. The molecule has 0 spiro atoms. The van der Waals surface area contributed by atoms with Crippen LogP contribution in [0.2, 0.25) is 0 Å². The van der Waals surface area contributed by atoms with Crippen LogP contribution in [-0.4, -0.2) is 182 Å². The Hall–Kier alpha value is -8.68. The molecule has 0 aliphatic heterocycles. The summed E-state index contributed by atoms with van der Waals surface area (Å²) in [4.78, 5) is 170. The quantitative estimate of drug-likeness (QED) is 0.0171. The molecule has 0 saturated carbocycles. The van der Waals surface area contributed by atoms with Crippen LogP contribution in [0.15, 0.2) is 29.3 Å². The van der Waals surface area contributed by atoms with Gasteiger partial charge in [0.15, 0.2) is 5.96 Å². The molecule has 1 aromatic rings. The lowest BCUT2D eigenvalue weighted by Gasteiger charge is -2.28. The van der Waals surface area contributed by atoms with Gasteiger partial charge in [-0.1, -0.05) is 26.0 Å². The summed E-state index contributed by atoms with van der Waals surface area (Å²) in [6, 6.07) is -10.1. The van der Waals surface area contributed by atoms with E-state index >= 15 is 0 Å². The summed E-state index contributed by atoms with van der Waals surface area (Å²) in [5, 5.41) is 69.0. The first-order chi connectivity index (χ1) is 36.7. The van der Waals surface area contributed by atoms with Crippen LogP contribution in [0.25, 0.3) is 0 Å². The fourth-order valence-corrected chi connectivity index (χ4v) is 6.92. The van der Waals surface area contributed by atoms with Crippen LogP contribution >= 0.6 is 0 Å². The predicted molar refractivity (Wildman–Crippen MR) is 276 cm³/mol. The SMILES string of the molecule is CC(C)[C@H](NC(=O)[C@H](C)NC(=O)[C@H](C)NC(=O)[C@H](CCCN=C(N)N)NC(=O)[C@H](C)NC(=O)[C@H](CCC(N)=O)NC(=O)[C@@H](N)CCC(=O)O)C(=O)N[C@@H](CC(=O)O)C(=O)N[C@H](C(=O)N[C@@H](Cc1ccc(O)cc1)C(=O)O)[C@@H](C)O. The van der Waals surface area contributed by atoms with E-state index < -0.39 is 169 Å². The molecule has 0 heterocycles. The number of aliphatic carboxylic acids is 3. The number of hydrogen-bond acceptors (Lipinski definition) is 17. The second-order valence-corrected chi connectivity index (χ2v) is 18.7. The van der Waals surface area contributed by atoms with Gasteiger partial charge in [0, 0.05) is 25.8 Å². The number of phenols is 1. The number of aliphatic hydroxyl groups excluding tert-OH is 1. The highest BCUT2D eigenvalue weighted by atomic mass is 16.4. The van der Waals surface area contributed by atoms with E-state index in [0.29, 0.717) is 5.56 Å². The number of carboxylic acids is 3. The van der Waals surface area contributed by atoms with Gasteiger partial charge in [0.25, 0.3) is 0 Å². The number of aliphatic hydroxyl groups is 1. The van der Waals surface area contributed by atoms with Crippen molar-refractivity contribution in [2.24, 2.45) is 33.8 Å². The highest BCUT2D eigenvalue weighted by Crippen LogP contribution is 2.13. The summed E-state index contributed by atoms with van der Waals surface area (Å²) in [5.74, 6) is -15.6. The van der Waals surface area contributed by atoms with Crippen LogP contribution in [0.1, 0.15) is 92.1 Å². The van der Waals surface area contributed by atoms with E-state index in [1.54, 1.807) is 0 Å². The average Bonchev–Trinajstić information content (AvgIpc) is 3.35. The Morgan fingerprint density at radius 1 is 0.506 bits per heavy atom. The smallest absolute Gasteiger partial charge is 0.326 e. The number of aliphatic imine (C=N–C) groups is 1. The van der Waals surface area contributed by atoms with E-state index in [4.69, 9.17) is 28.0 Å². The number of rotatable bonds is 35. The average molecular weight is 1120 g/mol. The van der Waals surface area contributed by atoms with Gasteiger partial charge < -0.3 is 96.3 Å². The van der Waals surface area contributed by atoms with Crippen molar-refractivity contribution in [2.75, 3.05) is 6.54 Å². The van der Waals surface area contributed by atoms with Gasteiger partial charge in [-0.3, -0.25) is 62.5 Å². The Labute approximate surface area is 453 Å². The molecule has 440 valence electrons. The van der Waals surface area contributed by atoms with Crippen LogP contribution in [0.5, 0.6) is 5.75 Å². The Balaban J connectivity index is 3.15. The molecule has 1 aromatic carbocycles. The molecule has 10 amide bonds. The van der Waals surface area contributed by atoms with Crippen molar-refractivity contribution in [3.8, 4) is 5.75 Å². The summed E-state index contributed by atoms with van der Waals surface area (Å²) in [6.07, 6.45) is -4.60. The van der Waals surface area contributed by atoms with Crippen LogP contribution in [0, 0.1) is 5.92 Å². The first-order valence-corrected chi connectivity index (χ1v) is 24.7. The Morgan fingerprint density at radius 2 is 0.949 bits per heavy atom. The number of phenolic OH excluding ortho intramolecular Hbond substituents is 1. The van der Waals surface area contributed by atoms with Gasteiger partial charge in [0.05, 0.1) is 18.6 Å². The fraction of sp³-hybridized carbons (Fsp3) is 0.574. The zero-order chi connectivity index (χ0) is 60.4. The monoisotopic (exact) mass is 1120 g/mol. The standard InChI is InChI=1S/C47H74N14O18/c1-20(2)35(44(76)58-30(19-34(67)68)43(75)61-36(24(6)62)45(77)59-31(46(78)79)18-25-9-11-26(63)12-10-25)60-39(71)23(5)53-37(69)21(3)54-41(73)28(8-7-17-52-47(50)51)56-38(70)22(4)55-42(74)29(14-15-32(49)64)57-40(72)27(48)13-16-33(65)66/h9-12,20-24,27-31,35-36,62-63H,7-8,13-19,48H2,1-6H3,(H2,49,64)(H,53,69)(H,54,73)(H,55,74)(H,56,70)(H,57,72)(H,58,76)(H,59,77)(H,60,71)(H,61,75)(H,65,66)(H,67,68)(H,78,79)(H4,50,51,52)/t21-,22-,23-,24+,27-,28-,29-,30-,31-,35-,36-/m0/s1. The van der Waals surface area contributed by atoms with E-state index in [1.165, 1.54) is 58.9 Å². The fourth-order valence-electron chi connectivity index (χ4n) is 6.92. The minimum Gasteiger partial charge on any atom is -0.508 e. The first-order valence-electron chi connectivity index (χ1n) is 24.7. The molecule has 0 saturated heterocycles. The Kier molecular flexibility index (Phi) is 29.0. The maximum Gasteiger partial charge on any atom is 0.326 e. The zero-order valence-corrected chi connectivity index (χ0v) is 44.4. The second-order valence-electron chi connectivity index (χ2n) is 18.7. The molecule has 22 N–H and O–H groups in total. The van der Waals surface area contributed by atoms with Gasteiger partial charge in [0.1, 0.15) is 60.1 Å². The highest BCUT2D eigenvalue weighted by Gasteiger charge is 2.36. The molecule has 0 fully saturated rings. The number of hydrogen-bond donors (Lipinski definition) is 18. The van der Waals surface area contributed by atoms with E-state index in [1.807, 2.05) is 0 Å².